The number of rotatable bonds is 4. The van der Waals surface area contributed by atoms with Crippen molar-refractivity contribution >= 4 is 33.5 Å². The summed E-state index contributed by atoms with van der Waals surface area (Å²) in [6.07, 6.45) is 0. The molecule has 0 aliphatic heterocycles. The van der Waals surface area contributed by atoms with Gasteiger partial charge in [-0.05, 0) is 29.8 Å². The van der Waals surface area contributed by atoms with E-state index in [1.165, 1.54) is 12.1 Å². The Hall–Kier alpha value is -2.14. The average Bonchev–Trinajstić information content (AvgIpc) is 2.48. The second-order valence-corrected chi connectivity index (χ2v) is 4.70. The highest BCUT2D eigenvalue weighted by Gasteiger charge is 2.15. The zero-order valence-electron chi connectivity index (χ0n) is 10.5. The predicted molar refractivity (Wildman–Crippen MR) is 80.4 cm³/mol. The van der Waals surface area contributed by atoms with Gasteiger partial charge < -0.3 is 10.4 Å². The molecule has 0 spiro atoms. The summed E-state index contributed by atoms with van der Waals surface area (Å²) >= 11 is 3.34. The summed E-state index contributed by atoms with van der Waals surface area (Å²) in [5.74, 6) is -1.56. The zero-order valence-corrected chi connectivity index (χ0v) is 12.1. The number of carbonyl (C=O) groups is 2. The van der Waals surface area contributed by atoms with Crippen molar-refractivity contribution in [2.45, 2.75) is 5.33 Å². The normalized spacial score (nSPS) is 10.1. The van der Waals surface area contributed by atoms with Crippen molar-refractivity contribution in [2.24, 2.45) is 0 Å². The van der Waals surface area contributed by atoms with Gasteiger partial charge in [-0.25, -0.2) is 4.79 Å². The van der Waals surface area contributed by atoms with Gasteiger partial charge in [0.2, 0.25) is 0 Å². The first kappa shape index (κ1) is 14.3. The molecular formula is C15H12BrNO3. The predicted octanol–water partition coefficient (Wildman–Crippen LogP) is 3.53. The minimum absolute atomic E-state index is 0.0120. The lowest BCUT2D eigenvalue weighted by Crippen LogP contribution is -2.16. The summed E-state index contributed by atoms with van der Waals surface area (Å²) in [5.41, 5.74) is 1.85. The van der Waals surface area contributed by atoms with Gasteiger partial charge in [-0.15, -0.1) is 0 Å². The van der Waals surface area contributed by atoms with E-state index in [1.54, 1.807) is 24.3 Å². The summed E-state index contributed by atoms with van der Waals surface area (Å²) in [6.45, 7) is 0. The van der Waals surface area contributed by atoms with Gasteiger partial charge in [0.1, 0.15) is 0 Å². The van der Waals surface area contributed by atoms with Crippen molar-refractivity contribution < 1.29 is 14.7 Å². The fraction of sp³-hybridized carbons (Fsp3) is 0.0667. The molecule has 102 valence electrons. The lowest BCUT2D eigenvalue weighted by Gasteiger charge is -2.08. The van der Waals surface area contributed by atoms with Crippen LogP contribution in [0.4, 0.5) is 5.69 Å². The molecule has 20 heavy (non-hydrogen) atoms. The minimum Gasteiger partial charge on any atom is -0.478 e. The number of aromatic carboxylic acids is 1. The third kappa shape index (κ3) is 3.24. The summed E-state index contributed by atoms with van der Waals surface area (Å²) in [7, 11) is 0. The zero-order chi connectivity index (χ0) is 14.5. The molecule has 0 aliphatic carbocycles. The number of benzene rings is 2. The third-order valence-electron chi connectivity index (χ3n) is 2.77. The SMILES string of the molecule is O=C(O)c1ccccc1C(=O)Nc1ccc(CBr)cc1. The van der Waals surface area contributed by atoms with Crippen LogP contribution in [0.2, 0.25) is 0 Å². The Labute approximate surface area is 124 Å². The van der Waals surface area contributed by atoms with Crippen LogP contribution in [0.1, 0.15) is 26.3 Å². The number of amides is 1. The first-order valence-electron chi connectivity index (χ1n) is 5.90. The highest BCUT2D eigenvalue weighted by molar-refractivity contribution is 9.08. The van der Waals surface area contributed by atoms with E-state index in [-0.39, 0.29) is 11.1 Å². The quantitative estimate of drug-likeness (QED) is 0.841. The smallest absolute Gasteiger partial charge is 0.336 e. The second kappa shape index (κ2) is 6.34. The van der Waals surface area contributed by atoms with Crippen LogP contribution in [-0.2, 0) is 5.33 Å². The molecule has 0 radical (unpaired) electrons. The fourth-order valence-electron chi connectivity index (χ4n) is 1.74. The van der Waals surface area contributed by atoms with Gasteiger partial charge in [0.25, 0.3) is 5.91 Å². The molecule has 2 rings (SSSR count). The molecule has 4 nitrogen and oxygen atoms in total. The summed E-state index contributed by atoms with van der Waals surface area (Å²) in [4.78, 5) is 23.2. The van der Waals surface area contributed by atoms with Gasteiger partial charge in [0, 0.05) is 11.0 Å². The molecule has 0 saturated heterocycles. The first-order chi connectivity index (χ1) is 9.61. The maximum atomic E-state index is 12.1. The van der Waals surface area contributed by atoms with Crippen molar-refractivity contribution in [2.75, 3.05) is 5.32 Å². The highest BCUT2D eigenvalue weighted by Crippen LogP contribution is 2.15. The lowest BCUT2D eigenvalue weighted by atomic mass is 10.1. The van der Waals surface area contributed by atoms with E-state index in [1.807, 2.05) is 12.1 Å². The third-order valence-corrected chi connectivity index (χ3v) is 3.42. The van der Waals surface area contributed by atoms with Crippen LogP contribution in [0.15, 0.2) is 48.5 Å². The van der Waals surface area contributed by atoms with Crippen LogP contribution in [-0.4, -0.2) is 17.0 Å². The number of carboxylic acid groups (broad SMARTS) is 1. The Bertz CT molecular complexity index is 638. The van der Waals surface area contributed by atoms with Crippen LogP contribution in [0.25, 0.3) is 0 Å². The van der Waals surface area contributed by atoms with Gasteiger partial charge >= 0.3 is 5.97 Å². The molecule has 5 heteroatoms. The van der Waals surface area contributed by atoms with E-state index >= 15 is 0 Å². The Morgan fingerprint density at radius 1 is 1.00 bits per heavy atom. The first-order valence-corrected chi connectivity index (χ1v) is 7.02. The van der Waals surface area contributed by atoms with E-state index in [9.17, 15) is 9.59 Å². The fourth-order valence-corrected chi connectivity index (χ4v) is 2.12. The maximum Gasteiger partial charge on any atom is 0.336 e. The van der Waals surface area contributed by atoms with E-state index in [2.05, 4.69) is 21.2 Å². The molecule has 2 aromatic rings. The Morgan fingerprint density at radius 3 is 2.15 bits per heavy atom. The number of anilines is 1. The van der Waals surface area contributed by atoms with Crippen molar-refractivity contribution in [3.8, 4) is 0 Å². The lowest BCUT2D eigenvalue weighted by molar-refractivity contribution is 0.0692. The number of carbonyl (C=O) groups excluding carboxylic acids is 1. The second-order valence-electron chi connectivity index (χ2n) is 4.14. The van der Waals surface area contributed by atoms with Gasteiger partial charge in [0.15, 0.2) is 0 Å². The molecule has 0 fully saturated rings. The van der Waals surface area contributed by atoms with Gasteiger partial charge in [0.05, 0.1) is 11.1 Å². The number of carboxylic acids is 1. The van der Waals surface area contributed by atoms with Crippen molar-refractivity contribution in [3.05, 3.63) is 65.2 Å². The maximum absolute atomic E-state index is 12.1. The van der Waals surface area contributed by atoms with Gasteiger partial charge in [-0.3, -0.25) is 4.79 Å². The van der Waals surface area contributed by atoms with Gasteiger partial charge in [-0.1, -0.05) is 40.2 Å². The standard InChI is InChI=1S/C15H12BrNO3/c16-9-10-5-7-11(8-6-10)17-14(18)12-3-1-2-4-13(12)15(19)20/h1-8H,9H2,(H,17,18)(H,19,20). The molecule has 2 N–H and O–H groups in total. The number of alkyl halides is 1. The number of hydrogen-bond acceptors (Lipinski definition) is 2. The van der Waals surface area contributed by atoms with Crippen LogP contribution >= 0.6 is 15.9 Å². The molecule has 0 atom stereocenters. The van der Waals surface area contributed by atoms with Crippen molar-refractivity contribution in [1.82, 2.24) is 0 Å². The van der Waals surface area contributed by atoms with Crippen LogP contribution < -0.4 is 5.32 Å². The van der Waals surface area contributed by atoms with E-state index in [0.29, 0.717) is 5.69 Å². The monoisotopic (exact) mass is 333 g/mol. The molecule has 0 aliphatic rings. The molecule has 0 bridgehead atoms. The van der Waals surface area contributed by atoms with Crippen molar-refractivity contribution in [1.29, 1.82) is 0 Å². The largest absolute Gasteiger partial charge is 0.478 e. The summed E-state index contributed by atoms with van der Waals surface area (Å²) in [5, 5.41) is 12.5. The van der Waals surface area contributed by atoms with Crippen LogP contribution in [0.5, 0.6) is 0 Å². The molecular weight excluding hydrogens is 322 g/mol. The molecule has 0 heterocycles. The van der Waals surface area contributed by atoms with Gasteiger partial charge in [-0.2, -0.15) is 0 Å². The van der Waals surface area contributed by atoms with Crippen molar-refractivity contribution in [3.63, 3.8) is 0 Å². The summed E-state index contributed by atoms with van der Waals surface area (Å²) in [6, 6.07) is 13.4. The highest BCUT2D eigenvalue weighted by atomic mass is 79.9. The number of nitrogens with one attached hydrogen (secondary N) is 1. The van der Waals surface area contributed by atoms with Crippen LogP contribution in [0, 0.1) is 0 Å². The number of hydrogen-bond donors (Lipinski definition) is 2. The summed E-state index contributed by atoms with van der Waals surface area (Å²) < 4.78 is 0. The number of halogens is 1. The Morgan fingerprint density at radius 2 is 1.60 bits per heavy atom. The van der Waals surface area contributed by atoms with E-state index < -0.39 is 11.9 Å². The van der Waals surface area contributed by atoms with E-state index in [4.69, 9.17) is 5.11 Å². The molecule has 0 unspecified atom stereocenters. The molecule has 0 saturated carbocycles. The van der Waals surface area contributed by atoms with Crippen LogP contribution in [0.3, 0.4) is 0 Å². The average molecular weight is 334 g/mol. The Balaban J connectivity index is 2.21. The molecule has 0 aromatic heterocycles. The Kier molecular flexibility index (Phi) is 4.53. The molecule has 1 amide bonds. The van der Waals surface area contributed by atoms with E-state index in [0.717, 1.165) is 10.9 Å². The molecule has 2 aromatic carbocycles. The topological polar surface area (TPSA) is 66.4 Å². The minimum atomic E-state index is -1.12.